The number of aromatic nitrogens is 6. The van der Waals surface area contributed by atoms with Gasteiger partial charge in [-0.25, -0.2) is 15.0 Å². The number of imidazole rings is 1. The lowest BCUT2D eigenvalue weighted by Crippen LogP contribution is -2.25. The summed E-state index contributed by atoms with van der Waals surface area (Å²) in [6.45, 7) is 2.25. The van der Waals surface area contributed by atoms with Crippen molar-refractivity contribution in [3.05, 3.63) is 87.5 Å². The van der Waals surface area contributed by atoms with E-state index < -0.39 is 0 Å². The van der Waals surface area contributed by atoms with Gasteiger partial charge in [0.05, 0.1) is 12.0 Å². The first-order chi connectivity index (χ1) is 17.5. The number of benzene rings is 2. The topological polar surface area (TPSA) is 111 Å². The van der Waals surface area contributed by atoms with Crippen LogP contribution in [0.5, 0.6) is 5.75 Å². The lowest BCUT2D eigenvalue weighted by Gasteiger charge is -2.24. The number of hydrogen-bond acceptors (Lipinski definition) is 6. The number of rotatable bonds is 5. The van der Waals surface area contributed by atoms with Crippen molar-refractivity contribution >= 4 is 46.1 Å². The molecule has 0 radical (unpaired) electrons. The fourth-order valence-corrected chi connectivity index (χ4v) is 4.96. The number of anilines is 1. The van der Waals surface area contributed by atoms with Crippen LogP contribution in [-0.2, 0) is 11.4 Å². The Morgan fingerprint density at radius 1 is 1.11 bits per heavy atom. The fourth-order valence-electron chi connectivity index (χ4n) is 4.49. The van der Waals surface area contributed by atoms with E-state index in [1.54, 1.807) is 23.1 Å². The quantitative estimate of drug-likeness (QED) is 0.329. The summed E-state index contributed by atoms with van der Waals surface area (Å²) in [5.74, 6) is 1.55. The van der Waals surface area contributed by atoms with E-state index >= 15 is 0 Å². The van der Waals surface area contributed by atoms with Crippen LogP contribution in [0.4, 0.5) is 5.82 Å². The summed E-state index contributed by atoms with van der Waals surface area (Å²) in [5, 5.41) is 8.84. The molecule has 0 spiro atoms. The average Bonchev–Trinajstić information content (AvgIpc) is 3.48. The van der Waals surface area contributed by atoms with Crippen LogP contribution in [0.2, 0.25) is 10.0 Å². The van der Waals surface area contributed by atoms with Gasteiger partial charge in [0.25, 0.3) is 0 Å². The van der Waals surface area contributed by atoms with Crippen molar-refractivity contribution < 1.29 is 9.53 Å². The monoisotopic (exact) mass is 519 g/mol. The van der Waals surface area contributed by atoms with Crippen LogP contribution < -0.4 is 10.1 Å². The molecule has 4 heterocycles. The van der Waals surface area contributed by atoms with E-state index in [9.17, 15) is 4.79 Å². The van der Waals surface area contributed by atoms with E-state index in [4.69, 9.17) is 33.0 Å². The third kappa shape index (κ3) is 3.96. The Labute approximate surface area is 215 Å². The van der Waals surface area contributed by atoms with Crippen molar-refractivity contribution in [1.29, 1.82) is 0 Å². The van der Waals surface area contributed by atoms with E-state index in [1.807, 2.05) is 37.3 Å². The second-order valence-electron chi connectivity index (χ2n) is 8.46. The van der Waals surface area contributed by atoms with Crippen molar-refractivity contribution in [2.24, 2.45) is 0 Å². The zero-order chi connectivity index (χ0) is 24.8. The number of fused-ring (bicyclic) bond motifs is 2. The highest BCUT2D eigenvalue weighted by atomic mass is 35.5. The summed E-state index contributed by atoms with van der Waals surface area (Å²) in [6.07, 6.45) is 3.29. The minimum Gasteiger partial charge on any atom is -0.489 e. The minimum absolute atomic E-state index is 0.0960. The van der Waals surface area contributed by atoms with E-state index in [2.05, 4.69) is 25.3 Å². The van der Waals surface area contributed by atoms with E-state index in [-0.39, 0.29) is 11.8 Å². The third-order valence-electron chi connectivity index (χ3n) is 6.20. The number of aryl methyl sites for hydroxylation is 1. The minimum atomic E-state index is -0.165. The van der Waals surface area contributed by atoms with Crippen molar-refractivity contribution in [2.75, 3.05) is 5.32 Å². The van der Waals surface area contributed by atoms with Gasteiger partial charge in [0.15, 0.2) is 11.5 Å². The molecule has 0 fully saturated rings. The van der Waals surface area contributed by atoms with Gasteiger partial charge in [0, 0.05) is 33.5 Å². The normalized spacial score (nSPS) is 15.1. The van der Waals surface area contributed by atoms with Crippen molar-refractivity contribution in [2.45, 2.75) is 25.9 Å². The number of carbonyl (C=O) groups is 1. The maximum absolute atomic E-state index is 12.7. The molecule has 1 aliphatic heterocycles. The Morgan fingerprint density at radius 2 is 1.94 bits per heavy atom. The Kier molecular flexibility index (Phi) is 5.58. The maximum atomic E-state index is 12.7. The zero-order valence-corrected chi connectivity index (χ0v) is 20.5. The maximum Gasteiger partial charge on any atom is 0.226 e. The van der Waals surface area contributed by atoms with Crippen molar-refractivity contribution in [3.8, 4) is 11.6 Å². The Morgan fingerprint density at radius 3 is 2.75 bits per heavy atom. The van der Waals surface area contributed by atoms with Crippen LogP contribution in [-0.4, -0.2) is 35.6 Å². The van der Waals surface area contributed by atoms with Crippen LogP contribution in [0.25, 0.3) is 17.0 Å². The summed E-state index contributed by atoms with van der Waals surface area (Å²) >= 11 is 12.2. The van der Waals surface area contributed by atoms with E-state index in [0.29, 0.717) is 51.6 Å². The third-order valence-corrected chi connectivity index (χ3v) is 6.78. The highest BCUT2D eigenvalue weighted by molar-refractivity contribution is 6.35. The highest BCUT2D eigenvalue weighted by Crippen LogP contribution is 2.40. The molecular formula is C25H19Cl2N7O2. The molecule has 180 valence electrons. The molecule has 0 saturated carbocycles. The Hall–Kier alpha value is -3.95. The van der Waals surface area contributed by atoms with Crippen molar-refractivity contribution in [3.63, 3.8) is 0 Å². The number of H-pyrrole nitrogens is 1. The molecule has 2 N–H and O–H groups in total. The van der Waals surface area contributed by atoms with Gasteiger partial charge in [-0.1, -0.05) is 41.4 Å². The highest BCUT2D eigenvalue weighted by Gasteiger charge is 2.33. The van der Waals surface area contributed by atoms with Gasteiger partial charge in [0.1, 0.15) is 30.0 Å². The van der Waals surface area contributed by atoms with Crippen LogP contribution >= 0.6 is 23.2 Å². The molecule has 9 nitrogen and oxygen atoms in total. The summed E-state index contributed by atoms with van der Waals surface area (Å²) < 4.78 is 7.56. The first kappa shape index (κ1) is 22.5. The van der Waals surface area contributed by atoms with Gasteiger partial charge < -0.3 is 15.0 Å². The second-order valence-corrected chi connectivity index (χ2v) is 9.30. The van der Waals surface area contributed by atoms with Crippen LogP contribution in [0.15, 0.2) is 55.1 Å². The van der Waals surface area contributed by atoms with Crippen molar-refractivity contribution in [1.82, 2.24) is 29.7 Å². The molecule has 0 aliphatic carbocycles. The number of carbonyl (C=O) groups excluding carboxylic acids is 1. The lowest BCUT2D eigenvalue weighted by atomic mass is 9.86. The molecule has 0 saturated heterocycles. The SMILES string of the molecule is Cc1nn(-c2ncnc3nc[nH]c23)c2c1[C@@H](c1ccc(OCc3ccc(Cl)cc3Cl)cc1)CC(=O)N2. The standard InChI is InChI=1S/C25H19Cl2N7O2/c1-13-21-18(14-3-6-17(7-4-14)36-10-15-2-5-16(26)8-19(15)27)9-20(35)32-24(21)34(33-13)25-22-23(29-11-28-22)30-12-31-25/h2-8,11-12,18H,9-10H2,1H3,(H,32,35)(H,28,29,30,31)/t18-/m1/s1. The molecule has 1 aliphatic rings. The molecular weight excluding hydrogens is 501 g/mol. The lowest BCUT2D eigenvalue weighted by molar-refractivity contribution is -0.116. The van der Waals surface area contributed by atoms with Gasteiger partial charge in [-0.2, -0.15) is 9.78 Å². The summed E-state index contributed by atoms with van der Waals surface area (Å²) in [6, 6.07) is 13.0. The Bertz CT molecular complexity index is 1610. The fraction of sp³-hybridized carbons (Fsp3) is 0.160. The van der Waals surface area contributed by atoms with Gasteiger partial charge in [-0.15, -0.1) is 0 Å². The first-order valence-electron chi connectivity index (χ1n) is 11.2. The number of nitrogens with zero attached hydrogens (tertiary/aromatic N) is 5. The summed E-state index contributed by atoms with van der Waals surface area (Å²) in [5.41, 5.74) is 4.75. The summed E-state index contributed by atoms with van der Waals surface area (Å²) in [7, 11) is 0. The Balaban J connectivity index is 1.30. The number of hydrogen-bond donors (Lipinski definition) is 2. The number of amides is 1. The molecule has 1 amide bonds. The smallest absolute Gasteiger partial charge is 0.226 e. The molecule has 3 aromatic heterocycles. The molecule has 6 rings (SSSR count). The molecule has 5 aromatic rings. The van der Waals surface area contributed by atoms with E-state index in [0.717, 1.165) is 22.4 Å². The molecule has 11 heteroatoms. The van der Waals surface area contributed by atoms with Gasteiger partial charge >= 0.3 is 0 Å². The molecule has 2 aromatic carbocycles. The zero-order valence-electron chi connectivity index (χ0n) is 19.0. The van der Waals surface area contributed by atoms with Crippen LogP contribution in [0.1, 0.15) is 34.7 Å². The van der Waals surface area contributed by atoms with E-state index in [1.165, 1.54) is 6.33 Å². The van der Waals surface area contributed by atoms with Gasteiger partial charge in [-0.05, 0) is 36.8 Å². The summed E-state index contributed by atoms with van der Waals surface area (Å²) in [4.78, 5) is 28.6. The molecule has 0 unspecified atom stereocenters. The molecule has 36 heavy (non-hydrogen) atoms. The number of aromatic amines is 1. The first-order valence-corrected chi connectivity index (χ1v) is 11.9. The molecule has 0 bridgehead atoms. The van der Waals surface area contributed by atoms with Crippen LogP contribution in [0.3, 0.4) is 0 Å². The predicted octanol–water partition coefficient (Wildman–Crippen LogP) is 5.21. The van der Waals surface area contributed by atoms with Crippen LogP contribution in [0, 0.1) is 6.92 Å². The predicted molar refractivity (Wildman–Crippen MR) is 136 cm³/mol. The number of halogens is 2. The largest absolute Gasteiger partial charge is 0.489 e. The molecule has 1 atom stereocenters. The average molecular weight is 520 g/mol. The second kappa shape index (κ2) is 8.92. The number of ether oxygens (including phenoxy) is 1. The van der Waals surface area contributed by atoms with Gasteiger partial charge in [0.2, 0.25) is 5.91 Å². The van der Waals surface area contributed by atoms with Gasteiger partial charge in [-0.3, -0.25) is 4.79 Å². The number of nitrogens with one attached hydrogen (secondary N) is 2.